The summed E-state index contributed by atoms with van der Waals surface area (Å²) >= 11 is 0. The molecule has 0 aliphatic carbocycles. The predicted molar refractivity (Wildman–Crippen MR) is 112 cm³/mol. The first kappa shape index (κ1) is 18.7. The van der Waals surface area contributed by atoms with E-state index in [-0.39, 0.29) is 0 Å². The highest BCUT2D eigenvalue weighted by molar-refractivity contribution is 5.61. The topological polar surface area (TPSA) is 6.48 Å². The van der Waals surface area contributed by atoms with Crippen molar-refractivity contribution in [3.05, 3.63) is 78.4 Å². The van der Waals surface area contributed by atoms with Crippen molar-refractivity contribution in [3.63, 3.8) is 0 Å². The van der Waals surface area contributed by atoms with Gasteiger partial charge in [0.05, 0.1) is 0 Å². The van der Waals surface area contributed by atoms with Gasteiger partial charge in [0.25, 0.3) is 0 Å². The van der Waals surface area contributed by atoms with Crippen molar-refractivity contribution < 1.29 is 0 Å². The van der Waals surface area contributed by atoms with E-state index in [9.17, 15) is 0 Å². The number of likely N-dealkylation sites (N-methyl/N-ethyl adjacent to an activating group) is 1. The zero-order chi connectivity index (χ0) is 18.2. The Balaban J connectivity index is 1.35. The fourth-order valence-electron chi connectivity index (χ4n) is 3.79. The fourth-order valence-corrected chi connectivity index (χ4v) is 3.79. The lowest BCUT2D eigenvalue weighted by Gasteiger charge is -2.33. The van der Waals surface area contributed by atoms with E-state index < -0.39 is 0 Å². The molecule has 2 aromatic rings. The average molecular weight is 349 g/mol. The van der Waals surface area contributed by atoms with Crippen LogP contribution in [0.2, 0.25) is 0 Å². The van der Waals surface area contributed by atoms with Crippen molar-refractivity contribution in [2.75, 3.05) is 33.2 Å². The minimum absolute atomic E-state index is 0.892. The summed E-state index contributed by atoms with van der Waals surface area (Å²) in [6, 6.07) is 21.4. The van der Waals surface area contributed by atoms with Crippen LogP contribution in [-0.2, 0) is 6.42 Å². The number of nitrogens with zero attached hydrogens (tertiary/aromatic N) is 2. The van der Waals surface area contributed by atoms with E-state index in [0.29, 0.717) is 0 Å². The third-order valence-electron chi connectivity index (χ3n) is 5.71. The second-order valence-electron chi connectivity index (χ2n) is 7.54. The highest BCUT2D eigenvalue weighted by atomic mass is 15.2. The summed E-state index contributed by atoms with van der Waals surface area (Å²) in [6.45, 7) is 8.92. The molecule has 0 aromatic heterocycles. The van der Waals surface area contributed by atoms with Crippen molar-refractivity contribution in [2.45, 2.75) is 25.7 Å². The van der Waals surface area contributed by atoms with Crippen LogP contribution in [0.1, 0.15) is 30.4 Å². The number of piperidine rings is 1. The van der Waals surface area contributed by atoms with E-state index >= 15 is 0 Å². The number of rotatable bonds is 8. The zero-order valence-corrected chi connectivity index (χ0v) is 16.1. The van der Waals surface area contributed by atoms with Crippen LogP contribution in [-0.4, -0.2) is 43.0 Å². The van der Waals surface area contributed by atoms with Crippen LogP contribution in [0.5, 0.6) is 0 Å². The summed E-state index contributed by atoms with van der Waals surface area (Å²) in [4.78, 5) is 4.91. The highest BCUT2D eigenvalue weighted by Gasteiger charge is 2.19. The van der Waals surface area contributed by atoms with Gasteiger partial charge in [-0.3, -0.25) is 0 Å². The van der Waals surface area contributed by atoms with Crippen molar-refractivity contribution in [1.82, 2.24) is 9.80 Å². The second-order valence-corrected chi connectivity index (χ2v) is 7.54. The van der Waals surface area contributed by atoms with Crippen molar-refractivity contribution in [3.8, 4) is 0 Å². The van der Waals surface area contributed by atoms with Crippen LogP contribution < -0.4 is 0 Å². The summed E-state index contributed by atoms with van der Waals surface area (Å²) < 4.78 is 0. The van der Waals surface area contributed by atoms with Gasteiger partial charge in [0.15, 0.2) is 0 Å². The van der Waals surface area contributed by atoms with E-state index in [1.54, 1.807) is 0 Å². The fraction of sp³-hybridized carbons (Fsp3) is 0.417. The van der Waals surface area contributed by atoms with Crippen LogP contribution in [0.15, 0.2) is 67.2 Å². The molecule has 2 aromatic carbocycles. The first-order valence-electron chi connectivity index (χ1n) is 9.94. The first-order valence-corrected chi connectivity index (χ1v) is 9.94. The molecule has 0 bridgehead atoms. The summed E-state index contributed by atoms with van der Waals surface area (Å²) in [5.74, 6) is 0.892. The Kier molecular flexibility index (Phi) is 6.90. The number of hydrogen-bond donors (Lipinski definition) is 0. The van der Waals surface area contributed by atoms with E-state index in [4.69, 9.17) is 0 Å². The summed E-state index contributed by atoms with van der Waals surface area (Å²) in [5, 5.41) is 0. The molecule has 0 N–H and O–H groups in total. The molecule has 138 valence electrons. The zero-order valence-electron chi connectivity index (χ0n) is 16.1. The Bertz CT molecular complexity index is 657. The molecule has 3 rings (SSSR count). The molecular weight excluding hydrogens is 316 g/mol. The van der Waals surface area contributed by atoms with E-state index in [2.05, 4.69) is 84.1 Å². The quantitative estimate of drug-likeness (QED) is 0.667. The molecule has 0 spiro atoms. The van der Waals surface area contributed by atoms with Gasteiger partial charge < -0.3 is 9.80 Å². The van der Waals surface area contributed by atoms with Gasteiger partial charge in [-0.15, -0.1) is 0 Å². The van der Waals surface area contributed by atoms with Crippen molar-refractivity contribution >= 4 is 5.70 Å². The maximum absolute atomic E-state index is 4.26. The van der Waals surface area contributed by atoms with Gasteiger partial charge in [-0.2, -0.15) is 0 Å². The number of likely N-dealkylation sites (tertiary alicyclic amines) is 1. The first-order chi connectivity index (χ1) is 12.7. The summed E-state index contributed by atoms with van der Waals surface area (Å²) in [7, 11) is 2.15. The molecular formula is C24H32N2. The van der Waals surface area contributed by atoms with Gasteiger partial charge in [0.2, 0.25) is 0 Å². The van der Waals surface area contributed by atoms with Crippen LogP contribution in [0, 0.1) is 5.92 Å². The lowest BCUT2D eigenvalue weighted by molar-refractivity contribution is 0.171. The van der Waals surface area contributed by atoms with E-state index in [1.165, 1.54) is 49.9 Å². The van der Waals surface area contributed by atoms with Gasteiger partial charge in [0.1, 0.15) is 0 Å². The molecule has 1 fully saturated rings. The van der Waals surface area contributed by atoms with Gasteiger partial charge in [-0.1, -0.05) is 67.2 Å². The molecule has 2 nitrogen and oxygen atoms in total. The molecule has 1 aliphatic heterocycles. The second kappa shape index (κ2) is 9.59. The van der Waals surface area contributed by atoms with Crippen LogP contribution >= 0.6 is 0 Å². The van der Waals surface area contributed by atoms with Crippen LogP contribution in [0.25, 0.3) is 5.70 Å². The number of hydrogen-bond acceptors (Lipinski definition) is 2. The van der Waals surface area contributed by atoms with Crippen molar-refractivity contribution in [2.24, 2.45) is 5.92 Å². The third-order valence-corrected chi connectivity index (χ3v) is 5.71. The lowest BCUT2D eigenvalue weighted by atomic mass is 9.90. The van der Waals surface area contributed by atoms with E-state index in [0.717, 1.165) is 24.7 Å². The smallest absolute Gasteiger partial charge is 0.0364 e. The Labute approximate surface area is 159 Å². The molecule has 0 amide bonds. The molecule has 0 atom stereocenters. The molecule has 0 unspecified atom stereocenters. The predicted octanol–water partition coefficient (Wildman–Crippen LogP) is 4.93. The molecule has 1 saturated heterocycles. The SMILES string of the molecule is C=C(c1ccccc1)N(C)CCN1CCC(CCc2ccccc2)CC1. The summed E-state index contributed by atoms with van der Waals surface area (Å²) in [6.07, 6.45) is 5.25. The monoisotopic (exact) mass is 348 g/mol. The molecule has 0 saturated carbocycles. The van der Waals surface area contributed by atoms with Gasteiger partial charge in [0, 0.05) is 25.8 Å². The Morgan fingerprint density at radius 2 is 1.62 bits per heavy atom. The minimum Gasteiger partial charge on any atom is -0.373 e. The molecule has 0 radical (unpaired) electrons. The van der Waals surface area contributed by atoms with Crippen LogP contribution in [0.3, 0.4) is 0 Å². The lowest BCUT2D eigenvalue weighted by Crippen LogP contribution is -2.38. The molecule has 1 heterocycles. The van der Waals surface area contributed by atoms with Gasteiger partial charge in [-0.25, -0.2) is 0 Å². The molecule has 1 aliphatic rings. The molecule has 26 heavy (non-hydrogen) atoms. The highest BCUT2D eigenvalue weighted by Crippen LogP contribution is 2.22. The summed E-state index contributed by atoms with van der Waals surface area (Å²) in [5.41, 5.74) is 3.81. The Hall–Kier alpha value is -2.06. The van der Waals surface area contributed by atoms with E-state index in [1.807, 2.05) is 0 Å². The maximum atomic E-state index is 4.26. The normalized spacial score (nSPS) is 15.7. The van der Waals surface area contributed by atoms with Crippen LogP contribution in [0.4, 0.5) is 0 Å². The number of benzene rings is 2. The van der Waals surface area contributed by atoms with Gasteiger partial charge in [-0.05, 0) is 55.8 Å². The Morgan fingerprint density at radius 1 is 1.00 bits per heavy atom. The average Bonchev–Trinajstić information content (AvgIpc) is 2.72. The van der Waals surface area contributed by atoms with Gasteiger partial charge >= 0.3 is 0 Å². The maximum Gasteiger partial charge on any atom is 0.0364 e. The standard InChI is InChI=1S/C24H32N2/c1-21(24-11-7-4-8-12-24)25(2)19-20-26-17-15-23(16-18-26)14-13-22-9-5-3-6-10-22/h3-12,23H,1,13-20H2,2H3. The third kappa shape index (κ3) is 5.47. The Morgan fingerprint density at radius 3 is 2.27 bits per heavy atom. The largest absolute Gasteiger partial charge is 0.373 e. The van der Waals surface area contributed by atoms with Crippen molar-refractivity contribution in [1.29, 1.82) is 0 Å². The number of aryl methyl sites for hydroxylation is 1. The molecule has 2 heteroatoms. The minimum atomic E-state index is 0.892.